The first kappa shape index (κ1) is 17.1. The van der Waals surface area contributed by atoms with Crippen LogP contribution in [0.25, 0.3) is 10.9 Å². The normalized spacial score (nSPS) is 19.6. The molecule has 1 amide bonds. The fourth-order valence-corrected chi connectivity index (χ4v) is 4.12. The Hall–Kier alpha value is -2.37. The second-order valence-corrected chi connectivity index (χ2v) is 7.53. The van der Waals surface area contributed by atoms with Gasteiger partial charge in [0, 0.05) is 30.4 Å². The fraction of sp³-hybridized carbons (Fsp3) is 0.550. The molecule has 1 saturated carbocycles. The van der Waals surface area contributed by atoms with Crippen molar-refractivity contribution in [2.45, 2.75) is 51.0 Å². The summed E-state index contributed by atoms with van der Waals surface area (Å²) >= 11 is 0. The zero-order valence-electron chi connectivity index (χ0n) is 15.2. The van der Waals surface area contributed by atoms with Crippen molar-refractivity contribution in [1.82, 2.24) is 9.97 Å². The van der Waals surface area contributed by atoms with Crippen LogP contribution in [0.15, 0.2) is 24.3 Å². The number of aromatic nitrogens is 2. The summed E-state index contributed by atoms with van der Waals surface area (Å²) in [4.78, 5) is 23.2. The first-order chi connectivity index (χ1) is 12.7. The van der Waals surface area contributed by atoms with E-state index in [1.807, 2.05) is 18.2 Å². The van der Waals surface area contributed by atoms with Gasteiger partial charge < -0.3 is 16.0 Å². The zero-order valence-corrected chi connectivity index (χ0v) is 15.2. The quantitative estimate of drug-likeness (QED) is 0.882. The molecule has 4 rings (SSSR count). The van der Waals surface area contributed by atoms with Crippen LogP contribution in [0, 0.1) is 5.92 Å². The molecule has 0 bridgehead atoms. The molecule has 0 spiro atoms. The Morgan fingerprint density at radius 3 is 2.50 bits per heavy atom. The lowest BCUT2D eigenvalue weighted by Crippen LogP contribution is -2.39. The van der Waals surface area contributed by atoms with Gasteiger partial charge in [0.2, 0.25) is 11.9 Å². The van der Waals surface area contributed by atoms with Crippen molar-refractivity contribution >= 4 is 28.6 Å². The van der Waals surface area contributed by atoms with E-state index in [0.717, 1.165) is 48.6 Å². The van der Waals surface area contributed by atoms with Gasteiger partial charge in [-0.3, -0.25) is 4.79 Å². The van der Waals surface area contributed by atoms with Gasteiger partial charge in [0.05, 0.1) is 5.52 Å². The number of primary amides is 1. The van der Waals surface area contributed by atoms with Gasteiger partial charge >= 0.3 is 0 Å². The van der Waals surface area contributed by atoms with E-state index >= 15 is 0 Å². The predicted octanol–water partition coefficient (Wildman–Crippen LogP) is 3.08. The number of piperidine rings is 1. The molecule has 1 aliphatic heterocycles. The second-order valence-electron chi connectivity index (χ2n) is 7.53. The third-order valence-corrected chi connectivity index (χ3v) is 5.72. The van der Waals surface area contributed by atoms with Crippen LogP contribution in [0.3, 0.4) is 0 Å². The van der Waals surface area contributed by atoms with Crippen LogP contribution in [0.2, 0.25) is 0 Å². The number of benzene rings is 1. The third-order valence-electron chi connectivity index (χ3n) is 5.72. The Morgan fingerprint density at radius 1 is 1.04 bits per heavy atom. The molecule has 3 N–H and O–H groups in total. The Kier molecular flexibility index (Phi) is 4.91. The molecule has 2 heterocycles. The van der Waals surface area contributed by atoms with Gasteiger partial charge in [-0.1, -0.05) is 31.4 Å². The highest BCUT2D eigenvalue weighted by Crippen LogP contribution is 2.29. The highest BCUT2D eigenvalue weighted by atomic mass is 16.1. The van der Waals surface area contributed by atoms with Crippen molar-refractivity contribution in [2.24, 2.45) is 11.7 Å². The average molecular weight is 353 g/mol. The maximum atomic E-state index is 11.4. The fourth-order valence-electron chi connectivity index (χ4n) is 4.12. The van der Waals surface area contributed by atoms with Crippen molar-refractivity contribution in [3.8, 4) is 0 Å². The minimum Gasteiger partial charge on any atom is -0.369 e. The highest BCUT2D eigenvalue weighted by Gasteiger charge is 2.25. The van der Waals surface area contributed by atoms with Crippen LogP contribution in [-0.4, -0.2) is 35.0 Å². The van der Waals surface area contributed by atoms with Gasteiger partial charge in [-0.2, -0.15) is 4.98 Å². The van der Waals surface area contributed by atoms with E-state index in [9.17, 15) is 4.79 Å². The van der Waals surface area contributed by atoms with Crippen molar-refractivity contribution in [1.29, 1.82) is 0 Å². The molecule has 2 aromatic rings. The number of anilines is 2. The van der Waals surface area contributed by atoms with Crippen LogP contribution >= 0.6 is 0 Å². The Labute approximate surface area is 154 Å². The summed E-state index contributed by atoms with van der Waals surface area (Å²) in [5.41, 5.74) is 6.42. The third kappa shape index (κ3) is 3.59. The van der Waals surface area contributed by atoms with Crippen molar-refractivity contribution in [3.05, 3.63) is 24.3 Å². The number of carbonyl (C=O) groups excluding carboxylic acids is 1. The standard InChI is InChI=1S/C20H27N5O/c21-18(26)14-10-12-25(13-11-14)20-23-17-9-5-4-8-16(17)19(24-20)22-15-6-2-1-3-7-15/h4-5,8-9,14-15H,1-3,6-7,10-13H2,(H2,21,26)(H,22,23,24). The summed E-state index contributed by atoms with van der Waals surface area (Å²) < 4.78 is 0. The Morgan fingerprint density at radius 2 is 1.77 bits per heavy atom. The number of amides is 1. The lowest BCUT2D eigenvalue weighted by Gasteiger charge is -2.31. The molecule has 6 nitrogen and oxygen atoms in total. The summed E-state index contributed by atoms with van der Waals surface area (Å²) in [6.45, 7) is 1.55. The summed E-state index contributed by atoms with van der Waals surface area (Å²) in [5.74, 6) is 1.48. The smallest absolute Gasteiger partial charge is 0.227 e. The van der Waals surface area contributed by atoms with E-state index in [-0.39, 0.29) is 11.8 Å². The van der Waals surface area contributed by atoms with Gasteiger partial charge in [0.15, 0.2) is 0 Å². The topological polar surface area (TPSA) is 84.1 Å². The number of nitrogens with two attached hydrogens (primary N) is 1. The molecule has 1 saturated heterocycles. The minimum absolute atomic E-state index is 0.0217. The number of nitrogens with one attached hydrogen (secondary N) is 1. The van der Waals surface area contributed by atoms with Gasteiger partial charge in [-0.05, 0) is 37.8 Å². The number of rotatable bonds is 4. The molecule has 1 aromatic carbocycles. The molecule has 0 unspecified atom stereocenters. The van der Waals surface area contributed by atoms with Gasteiger partial charge in [0.25, 0.3) is 0 Å². The molecular formula is C20H27N5O. The van der Waals surface area contributed by atoms with E-state index in [1.165, 1.54) is 32.1 Å². The Bertz CT molecular complexity index is 779. The molecular weight excluding hydrogens is 326 g/mol. The molecule has 138 valence electrons. The first-order valence-corrected chi connectivity index (χ1v) is 9.78. The average Bonchev–Trinajstić information content (AvgIpc) is 2.69. The molecule has 1 aliphatic carbocycles. The van der Waals surface area contributed by atoms with Gasteiger partial charge in [0.1, 0.15) is 5.82 Å². The summed E-state index contributed by atoms with van der Waals surface area (Å²) in [5, 5.41) is 4.76. The predicted molar refractivity (Wildman–Crippen MR) is 104 cm³/mol. The van der Waals surface area contributed by atoms with Crippen LogP contribution in [-0.2, 0) is 4.79 Å². The van der Waals surface area contributed by atoms with E-state index < -0.39 is 0 Å². The van der Waals surface area contributed by atoms with Crippen LogP contribution in [0.4, 0.5) is 11.8 Å². The molecule has 2 aliphatic rings. The first-order valence-electron chi connectivity index (χ1n) is 9.78. The number of carbonyl (C=O) groups is 1. The lowest BCUT2D eigenvalue weighted by atomic mass is 9.95. The maximum Gasteiger partial charge on any atom is 0.227 e. The van der Waals surface area contributed by atoms with Gasteiger partial charge in [-0.15, -0.1) is 0 Å². The molecule has 26 heavy (non-hydrogen) atoms. The highest BCUT2D eigenvalue weighted by molar-refractivity contribution is 5.90. The van der Waals surface area contributed by atoms with Crippen molar-refractivity contribution in [3.63, 3.8) is 0 Å². The summed E-state index contributed by atoms with van der Waals surface area (Å²) in [7, 11) is 0. The number of para-hydroxylation sites is 1. The SMILES string of the molecule is NC(=O)C1CCN(c2nc(NC3CCCCC3)c3ccccc3n2)CC1. The lowest BCUT2D eigenvalue weighted by molar-refractivity contribution is -0.122. The molecule has 2 fully saturated rings. The Balaban J connectivity index is 1.60. The molecule has 1 aromatic heterocycles. The van der Waals surface area contributed by atoms with E-state index in [0.29, 0.717) is 6.04 Å². The van der Waals surface area contributed by atoms with Crippen molar-refractivity contribution in [2.75, 3.05) is 23.3 Å². The minimum atomic E-state index is -0.191. The zero-order chi connectivity index (χ0) is 17.9. The second kappa shape index (κ2) is 7.48. The van der Waals surface area contributed by atoms with E-state index in [1.54, 1.807) is 0 Å². The number of nitrogens with zero attached hydrogens (tertiary/aromatic N) is 3. The molecule has 0 radical (unpaired) electrons. The largest absolute Gasteiger partial charge is 0.369 e. The summed E-state index contributed by atoms with van der Waals surface area (Å²) in [6, 6.07) is 8.68. The number of fused-ring (bicyclic) bond motifs is 1. The van der Waals surface area contributed by atoms with Crippen molar-refractivity contribution < 1.29 is 4.79 Å². The van der Waals surface area contributed by atoms with Gasteiger partial charge in [-0.25, -0.2) is 4.98 Å². The van der Waals surface area contributed by atoms with E-state index in [4.69, 9.17) is 15.7 Å². The molecule has 6 heteroatoms. The van der Waals surface area contributed by atoms with E-state index in [2.05, 4.69) is 16.3 Å². The van der Waals surface area contributed by atoms with Crippen LogP contribution in [0.1, 0.15) is 44.9 Å². The maximum absolute atomic E-state index is 11.4. The number of hydrogen-bond donors (Lipinski definition) is 2. The van der Waals surface area contributed by atoms with Crippen LogP contribution < -0.4 is 16.0 Å². The molecule has 0 atom stereocenters. The van der Waals surface area contributed by atoms with Crippen LogP contribution in [0.5, 0.6) is 0 Å². The summed E-state index contributed by atoms with van der Waals surface area (Å²) in [6.07, 6.45) is 7.87. The monoisotopic (exact) mass is 353 g/mol. The number of hydrogen-bond acceptors (Lipinski definition) is 5.